The molecule has 2 aromatic heterocycles. The van der Waals surface area contributed by atoms with Crippen LogP contribution >= 0.6 is 38.6 Å². The minimum absolute atomic E-state index is 0.0896. The van der Waals surface area contributed by atoms with Crippen LogP contribution in [0.25, 0.3) is 20.2 Å². The van der Waals surface area contributed by atoms with Gasteiger partial charge in [-0.05, 0) is 59.1 Å². The lowest BCUT2D eigenvalue weighted by molar-refractivity contribution is 0.0180. The minimum Gasteiger partial charge on any atom is -0.507 e. The fourth-order valence-electron chi connectivity index (χ4n) is 3.43. The van der Waals surface area contributed by atoms with Crippen LogP contribution in [0.5, 0.6) is 17.2 Å². The topological polar surface area (TPSA) is 66.4 Å². The molecule has 1 atom stereocenters. The highest BCUT2D eigenvalue weighted by atomic mass is 79.9. The smallest absolute Gasteiger partial charge is 0.153 e. The molecule has 36 heavy (non-hydrogen) atoms. The summed E-state index contributed by atoms with van der Waals surface area (Å²) in [6.45, 7) is 5.42. The van der Waals surface area contributed by atoms with Crippen LogP contribution in [-0.2, 0) is 14.2 Å². The molecule has 0 amide bonds. The van der Waals surface area contributed by atoms with E-state index in [0.29, 0.717) is 45.4 Å². The number of hydrogen-bond acceptors (Lipinski definition) is 8. The number of phenols is 1. The summed E-state index contributed by atoms with van der Waals surface area (Å²) in [5.74, 6) is 1.72. The van der Waals surface area contributed by atoms with E-state index in [1.165, 1.54) is 12.8 Å². The van der Waals surface area contributed by atoms with Crippen LogP contribution < -0.4 is 9.47 Å². The van der Waals surface area contributed by atoms with Crippen molar-refractivity contribution in [3.8, 4) is 37.4 Å². The number of benzene rings is 1. The molecule has 1 N–H and O–H groups in total. The summed E-state index contributed by atoms with van der Waals surface area (Å²) >= 11 is 6.89. The molecule has 0 fully saturated rings. The molecule has 1 unspecified atom stereocenters. The van der Waals surface area contributed by atoms with E-state index in [1.807, 2.05) is 29.6 Å². The van der Waals surface area contributed by atoms with Crippen LogP contribution in [0.15, 0.2) is 41.8 Å². The Kier molecular flexibility index (Phi) is 13.1. The van der Waals surface area contributed by atoms with Gasteiger partial charge in [0.2, 0.25) is 0 Å². The summed E-state index contributed by atoms with van der Waals surface area (Å²) in [5, 5.41) is 12.6. The maximum atomic E-state index is 10.6. The molecular weight excluding hydrogens is 564 g/mol. The standard InChI is InChI=1S/C27H35BrO6S2/c1-3-4-5-9-26(28)34-22-8-6-7-21(29)27(22)24-11-10-23(36-24)25-18-20(19-35-25)33-17-16-32-15-14-31-13-12-30-2/h6-8,10-11,18-19,26,29H,3-5,9,12-17H2,1-2H3. The number of aromatic hydroxyl groups is 1. The zero-order chi connectivity index (χ0) is 25.6. The Balaban J connectivity index is 1.54. The van der Waals surface area contributed by atoms with E-state index in [1.54, 1.807) is 35.8 Å². The molecule has 3 aromatic rings. The van der Waals surface area contributed by atoms with Crippen LogP contribution in [0, 0.1) is 0 Å². The number of thiophene rings is 2. The summed E-state index contributed by atoms with van der Waals surface area (Å²) in [7, 11) is 1.65. The van der Waals surface area contributed by atoms with Crippen LogP contribution in [-0.4, -0.2) is 56.9 Å². The van der Waals surface area contributed by atoms with E-state index in [4.69, 9.17) is 23.7 Å². The Morgan fingerprint density at radius 1 is 0.917 bits per heavy atom. The van der Waals surface area contributed by atoms with Gasteiger partial charge in [0.15, 0.2) is 5.01 Å². The van der Waals surface area contributed by atoms with Gasteiger partial charge in [-0.15, -0.1) is 22.7 Å². The van der Waals surface area contributed by atoms with E-state index < -0.39 is 0 Å². The molecule has 0 aliphatic heterocycles. The first-order chi connectivity index (χ1) is 17.6. The molecule has 6 nitrogen and oxygen atoms in total. The van der Waals surface area contributed by atoms with Crippen molar-refractivity contribution in [3.63, 3.8) is 0 Å². The fraction of sp³-hybridized carbons (Fsp3) is 0.481. The van der Waals surface area contributed by atoms with Gasteiger partial charge < -0.3 is 28.8 Å². The Hall–Kier alpha value is -1.62. The summed E-state index contributed by atoms with van der Waals surface area (Å²) in [5.41, 5.74) is 0.727. The normalized spacial score (nSPS) is 12.1. The molecule has 0 saturated carbocycles. The summed E-state index contributed by atoms with van der Waals surface area (Å²) in [6, 6.07) is 11.6. The lowest BCUT2D eigenvalue weighted by atomic mass is 10.1. The average Bonchev–Trinajstić information content (AvgIpc) is 3.53. The zero-order valence-electron chi connectivity index (χ0n) is 20.9. The summed E-state index contributed by atoms with van der Waals surface area (Å²) in [6.07, 6.45) is 4.37. The predicted molar refractivity (Wildman–Crippen MR) is 151 cm³/mol. The van der Waals surface area contributed by atoms with E-state index in [2.05, 4.69) is 28.9 Å². The third-order valence-electron chi connectivity index (χ3n) is 5.26. The highest BCUT2D eigenvalue weighted by molar-refractivity contribution is 9.09. The first-order valence-corrected chi connectivity index (χ1v) is 14.8. The minimum atomic E-state index is -0.0896. The van der Waals surface area contributed by atoms with Gasteiger partial charge in [0, 0.05) is 27.1 Å². The van der Waals surface area contributed by atoms with E-state index in [9.17, 15) is 5.11 Å². The molecule has 0 spiro atoms. The van der Waals surface area contributed by atoms with Crippen molar-refractivity contribution in [2.45, 2.75) is 37.6 Å². The molecule has 198 valence electrons. The zero-order valence-corrected chi connectivity index (χ0v) is 24.1. The molecule has 3 rings (SSSR count). The van der Waals surface area contributed by atoms with Crippen LogP contribution in [0.2, 0.25) is 0 Å². The van der Waals surface area contributed by atoms with Crippen molar-refractivity contribution in [1.82, 2.24) is 0 Å². The molecule has 1 aromatic carbocycles. The Bertz CT molecular complexity index is 1020. The number of ether oxygens (including phenoxy) is 5. The Morgan fingerprint density at radius 2 is 1.67 bits per heavy atom. The van der Waals surface area contributed by atoms with Crippen molar-refractivity contribution in [1.29, 1.82) is 0 Å². The third-order valence-corrected chi connectivity index (χ3v) is 8.12. The quantitative estimate of drug-likeness (QED) is 0.120. The van der Waals surface area contributed by atoms with Gasteiger partial charge in [-0.3, -0.25) is 0 Å². The number of alkyl halides is 1. The Labute approximate surface area is 230 Å². The van der Waals surface area contributed by atoms with Gasteiger partial charge in [0.1, 0.15) is 23.9 Å². The maximum absolute atomic E-state index is 10.6. The van der Waals surface area contributed by atoms with E-state index in [-0.39, 0.29) is 10.8 Å². The Morgan fingerprint density at radius 3 is 2.44 bits per heavy atom. The second kappa shape index (κ2) is 16.3. The van der Waals surface area contributed by atoms with E-state index >= 15 is 0 Å². The first-order valence-electron chi connectivity index (χ1n) is 12.2. The van der Waals surface area contributed by atoms with Crippen LogP contribution in [0.1, 0.15) is 32.6 Å². The van der Waals surface area contributed by atoms with E-state index in [0.717, 1.165) is 38.8 Å². The summed E-state index contributed by atoms with van der Waals surface area (Å²) in [4.78, 5) is 3.19. The number of hydrogen-bond donors (Lipinski definition) is 1. The third kappa shape index (κ3) is 9.36. The second-order valence-electron chi connectivity index (χ2n) is 8.05. The van der Waals surface area contributed by atoms with Gasteiger partial charge in [0.05, 0.1) is 38.6 Å². The van der Waals surface area contributed by atoms with Gasteiger partial charge >= 0.3 is 0 Å². The van der Waals surface area contributed by atoms with Crippen molar-refractivity contribution >= 4 is 38.6 Å². The molecule has 0 aliphatic rings. The first kappa shape index (κ1) is 28.9. The number of methoxy groups -OCH3 is 1. The lowest BCUT2D eigenvalue weighted by Gasteiger charge is -2.16. The van der Waals surface area contributed by atoms with Crippen molar-refractivity contribution < 1.29 is 28.8 Å². The van der Waals surface area contributed by atoms with Crippen LogP contribution in [0.3, 0.4) is 0 Å². The molecule has 0 aliphatic carbocycles. The highest BCUT2D eigenvalue weighted by Gasteiger charge is 2.17. The van der Waals surface area contributed by atoms with Crippen LogP contribution in [0.4, 0.5) is 0 Å². The molecule has 2 heterocycles. The fourth-order valence-corrected chi connectivity index (χ4v) is 5.95. The molecule has 9 heteroatoms. The number of unbranched alkanes of at least 4 members (excludes halogenated alkanes) is 2. The lowest BCUT2D eigenvalue weighted by Crippen LogP contribution is -2.12. The average molecular weight is 600 g/mol. The largest absolute Gasteiger partial charge is 0.507 e. The van der Waals surface area contributed by atoms with Gasteiger partial charge in [-0.2, -0.15) is 0 Å². The molecule has 0 radical (unpaired) electrons. The number of rotatable bonds is 18. The SMILES string of the molecule is CCCCCC(Br)Oc1cccc(O)c1-c1ccc(-c2cc(OCCOCCOCCOC)cs2)s1. The van der Waals surface area contributed by atoms with Gasteiger partial charge in [-0.25, -0.2) is 0 Å². The number of halogens is 1. The highest BCUT2D eigenvalue weighted by Crippen LogP contribution is 2.45. The molecular formula is C27H35BrO6S2. The van der Waals surface area contributed by atoms with Gasteiger partial charge in [0.25, 0.3) is 0 Å². The van der Waals surface area contributed by atoms with Crippen molar-refractivity contribution in [2.75, 3.05) is 46.8 Å². The molecule has 0 saturated heterocycles. The van der Waals surface area contributed by atoms with Gasteiger partial charge in [-0.1, -0.05) is 25.8 Å². The molecule has 0 bridgehead atoms. The van der Waals surface area contributed by atoms with Crippen molar-refractivity contribution in [3.05, 3.63) is 41.8 Å². The predicted octanol–water partition coefficient (Wildman–Crippen LogP) is 7.59. The second-order valence-corrected chi connectivity index (χ2v) is 11.1. The number of phenolic OH excluding ortho intramolecular Hbond substituents is 1. The monoisotopic (exact) mass is 598 g/mol. The summed E-state index contributed by atoms with van der Waals surface area (Å²) < 4.78 is 27.8. The maximum Gasteiger partial charge on any atom is 0.153 e. The van der Waals surface area contributed by atoms with Crippen molar-refractivity contribution in [2.24, 2.45) is 0 Å².